The van der Waals surface area contributed by atoms with Gasteiger partial charge >= 0.3 is 0 Å². The molecule has 5 nitrogen and oxygen atoms in total. The molecule has 1 aromatic rings. The second-order valence-corrected chi connectivity index (χ2v) is 5.07. The molecule has 96 valence electrons. The molecule has 1 amide bonds. The topological polar surface area (TPSA) is 81.2 Å². The van der Waals surface area contributed by atoms with Crippen molar-refractivity contribution in [1.82, 2.24) is 10.3 Å². The number of thioether (sulfide) groups is 1. The number of amides is 1. The van der Waals surface area contributed by atoms with E-state index in [-0.39, 0.29) is 5.91 Å². The first-order chi connectivity index (χ1) is 8.08. The second-order valence-electron chi connectivity index (χ2n) is 4.02. The third kappa shape index (κ3) is 4.40. The standard InChI is InChI=1S/C11H19N3O2S/c1-3-5-14-11(2,9(12)15)4-8-17-10-13-6-7-16-10/h6-7,14H,3-5,8H2,1-2H3,(H2,12,15). The van der Waals surface area contributed by atoms with E-state index in [0.29, 0.717) is 11.6 Å². The zero-order valence-electron chi connectivity index (χ0n) is 10.2. The van der Waals surface area contributed by atoms with Crippen molar-refractivity contribution in [2.24, 2.45) is 5.73 Å². The maximum atomic E-state index is 11.4. The molecule has 1 heterocycles. The average molecular weight is 257 g/mol. The fraction of sp³-hybridized carbons (Fsp3) is 0.636. The minimum absolute atomic E-state index is 0.320. The first-order valence-corrected chi connectivity index (χ1v) is 6.64. The van der Waals surface area contributed by atoms with Gasteiger partial charge in [-0.25, -0.2) is 4.98 Å². The maximum absolute atomic E-state index is 11.4. The molecule has 0 aromatic carbocycles. The summed E-state index contributed by atoms with van der Waals surface area (Å²) in [6, 6.07) is 0. The summed E-state index contributed by atoms with van der Waals surface area (Å²) in [5.74, 6) is 0.412. The number of nitrogens with one attached hydrogen (secondary N) is 1. The van der Waals surface area contributed by atoms with Crippen molar-refractivity contribution >= 4 is 17.7 Å². The number of carbonyl (C=O) groups excluding carboxylic acids is 1. The van der Waals surface area contributed by atoms with Crippen LogP contribution in [-0.2, 0) is 4.79 Å². The van der Waals surface area contributed by atoms with Crippen LogP contribution in [0.25, 0.3) is 0 Å². The first-order valence-electron chi connectivity index (χ1n) is 5.65. The van der Waals surface area contributed by atoms with Crippen LogP contribution in [-0.4, -0.2) is 28.7 Å². The lowest BCUT2D eigenvalue weighted by molar-refractivity contribution is -0.123. The highest BCUT2D eigenvalue weighted by Crippen LogP contribution is 2.20. The lowest BCUT2D eigenvalue weighted by atomic mass is 9.98. The summed E-state index contributed by atoms with van der Waals surface area (Å²) in [6.07, 6.45) is 4.75. The van der Waals surface area contributed by atoms with Crippen molar-refractivity contribution < 1.29 is 9.21 Å². The van der Waals surface area contributed by atoms with Crippen molar-refractivity contribution in [1.29, 1.82) is 0 Å². The Morgan fingerprint density at radius 3 is 3.00 bits per heavy atom. The van der Waals surface area contributed by atoms with Crippen LogP contribution >= 0.6 is 11.8 Å². The van der Waals surface area contributed by atoms with E-state index in [1.807, 2.05) is 6.92 Å². The van der Waals surface area contributed by atoms with E-state index in [1.54, 1.807) is 6.20 Å². The molecule has 0 aliphatic heterocycles. The van der Waals surface area contributed by atoms with Gasteiger partial charge in [0.05, 0.1) is 11.7 Å². The van der Waals surface area contributed by atoms with E-state index in [9.17, 15) is 4.79 Å². The molecule has 0 radical (unpaired) electrons. The van der Waals surface area contributed by atoms with E-state index < -0.39 is 5.54 Å². The van der Waals surface area contributed by atoms with Crippen molar-refractivity contribution in [2.45, 2.75) is 37.5 Å². The molecule has 1 atom stereocenters. The molecule has 0 fully saturated rings. The SMILES string of the molecule is CCCNC(C)(CCSc1ncco1)C(N)=O. The summed E-state index contributed by atoms with van der Waals surface area (Å²) < 4.78 is 5.11. The van der Waals surface area contributed by atoms with Gasteiger partial charge in [-0.2, -0.15) is 0 Å². The largest absolute Gasteiger partial charge is 0.440 e. The number of oxazole rings is 1. The van der Waals surface area contributed by atoms with Crippen molar-refractivity contribution in [3.8, 4) is 0 Å². The van der Waals surface area contributed by atoms with Crippen molar-refractivity contribution in [3.05, 3.63) is 12.5 Å². The molecular formula is C11H19N3O2S. The summed E-state index contributed by atoms with van der Waals surface area (Å²) in [5.41, 5.74) is 4.76. The van der Waals surface area contributed by atoms with Crippen LogP contribution in [0.1, 0.15) is 26.7 Å². The van der Waals surface area contributed by atoms with E-state index in [0.717, 1.165) is 18.7 Å². The molecule has 0 saturated carbocycles. The highest BCUT2D eigenvalue weighted by molar-refractivity contribution is 7.99. The van der Waals surface area contributed by atoms with Gasteiger partial charge in [0.25, 0.3) is 5.22 Å². The molecule has 3 N–H and O–H groups in total. The number of hydrogen-bond acceptors (Lipinski definition) is 5. The molecule has 0 aliphatic rings. The monoisotopic (exact) mass is 257 g/mol. The molecule has 1 aromatic heterocycles. The number of nitrogens with zero attached hydrogens (tertiary/aromatic N) is 1. The van der Waals surface area contributed by atoms with Crippen LogP contribution in [0.15, 0.2) is 22.1 Å². The normalized spacial score (nSPS) is 14.5. The summed E-state index contributed by atoms with van der Waals surface area (Å²) in [5, 5.41) is 3.80. The van der Waals surface area contributed by atoms with Crippen LogP contribution in [0.2, 0.25) is 0 Å². The van der Waals surface area contributed by atoms with E-state index in [1.165, 1.54) is 18.0 Å². The molecule has 0 saturated heterocycles. The summed E-state index contributed by atoms with van der Waals surface area (Å²) in [6.45, 7) is 4.67. The Bertz CT molecular complexity index is 342. The van der Waals surface area contributed by atoms with Crippen LogP contribution < -0.4 is 11.1 Å². The Morgan fingerprint density at radius 2 is 2.47 bits per heavy atom. The highest BCUT2D eigenvalue weighted by Gasteiger charge is 2.29. The summed E-state index contributed by atoms with van der Waals surface area (Å²) in [4.78, 5) is 15.4. The Kier molecular flexibility index (Phi) is 5.50. The first kappa shape index (κ1) is 14.1. The number of hydrogen-bond donors (Lipinski definition) is 2. The Morgan fingerprint density at radius 1 is 1.71 bits per heavy atom. The number of primary amides is 1. The van der Waals surface area contributed by atoms with E-state index >= 15 is 0 Å². The maximum Gasteiger partial charge on any atom is 0.255 e. The van der Waals surface area contributed by atoms with Gasteiger partial charge in [-0.15, -0.1) is 0 Å². The Hall–Kier alpha value is -1.01. The molecular weight excluding hydrogens is 238 g/mol. The van der Waals surface area contributed by atoms with Crippen molar-refractivity contribution in [3.63, 3.8) is 0 Å². The fourth-order valence-corrected chi connectivity index (χ4v) is 2.27. The van der Waals surface area contributed by atoms with Crippen LogP contribution in [0, 0.1) is 0 Å². The predicted octanol–water partition coefficient (Wildman–Crippen LogP) is 1.40. The van der Waals surface area contributed by atoms with Gasteiger partial charge in [-0.05, 0) is 26.3 Å². The van der Waals surface area contributed by atoms with Gasteiger partial charge in [-0.3, -0.25) is 4.79 Å². The van der Waals surface area contributed by atoms with Gasteiger partial charge in [-0.1, -0.05) is 18.7 Å². The van der Waals surface area contributed by atoms with Gasteiger partial charge in [0, 0.05) is 5.75 Å². The molecule has 0 spiro atoms. The highest BCUT2D eigenvalue weighted by atomic mass is 32.2. The minimum Gasteiger partial charge on any atom is -0.440 e. The fourth-order valence-electron chi connectivity index (χ4n) is 1.32. The molecule has 6 heteroatoms. The third-order valence-corrected chi connectivity index (χ3v) is 3.40. The quantitative estimate of drug-likeness (QED) is 0.688. The van der Waals surface area contributed by atoms with Gasteiger partial charge in [0.2, 0.25) is 5.91 Å². The second kappa shape index (κ2) is 6.66. The van der Waals surface area contributed by atoms with Crippen LogP contribution in [0.4, 0.5) is 0 Å². The van der Waals surface area contributed by atoms with Crippen LogP contribution in [0.5, 0.6) is 0 Å². The minimum atomic E-state index is -0.657. The molecule has 1 rings (SSSR count). The lowest BCUT2D eigenvalue weighted by Gasteiger charge is -2.27. The summed E-state index contributed by atoms with van der Waals surface area (Å²) in [7, 11) is 0. The van der Waals surface area contributed by atoms with Gasteiger partial charge in [0.1, 0.15) is 6.26 Å². The zero-order chi connectivity index (χ0) is 12.7. The predicted molar refractivity (Wildman–Crippen MR) is 67.7 cm³/mol. The summed E-state index contributed by atoms with van der Waals surface area (Å²) >= 11 is 1.48. The van der Waals surface area contributed by atoms with Gasteiger partial charge in [0.15, 0.2) is 0 Å². The number of rotatable bonds is 8. The number of carbonyl (C=O) groups is 1. The number of nitrogens with two attached hydrogens (primary N) is 1. The lowest BCUT2D eigenvalue weighted by Crippen LogP contribution is -2.53. The van der Waals surface area contributed by atoms with E-state index in [2.05, 4.69) is 17.2 Å². The van der Waals surface area contributed by atoms with Gasteiger partial charge < -0.3 is 15.5 Å². The molecule has 1 unspecified atom stereocenters. The van der Waals surface area contributed by atoms with Crippen LogP contribution in [0.3, 0.4) is 0 Å². The number of aromatic nitrogens is 1. The molecule has 17 heavy (non-hydrogen) atoms. The molecule has 0 aliphatic carbocycles. The smallest absolute Gasteiger partial charge is 0.255 e. The van der Waals surface area contributed by atoms with Crippen molar-refractivity contribution in [2.75, 3.05) is 12.3 Å². The van der Waals surface area contributed by atoms with E-state index in [4.69, 9.17) is 10.2 Å². The Balaban J connectivity index is 2.41. The third-order valence-electron chi connectivity index (χ3n) is 2.55. The average Bonchev–Trinajstić information content (AvgIpc) is 2.79. The zero-order valence-corrected chi connectivity index (χ0v) is 11.0. The molecule has 0 bridgehead atoms. The Labute approximate surface area is 106 Å².